The second-order valence-electron chi connectivity index (χ2n) is 5.64. The molecule has 0 spiro atoms. The fourth-order valence-electron chi connectivity index (χ4n) is 2.45. The van der Waals surface area contributed by atoms with Crippen LogP contribution in [0.2, 0.25) is 0 Å². The number of benzene rings is 1. The van der Waals surface area contributed by atoms with Crippen LogP contribution in [0.4, 0.5) is 5.69 Å². The lowest BCUT2D eigenvalue weighted by Crippen LogP contribution is -2.45. The smallest absolute Gasteiger partial charge is 0.239 e. The average Bonchev–Trinajstić information content (AvgIpc) is 3.11. The Balaban J connectivity index is 1.69. The maximum Gasteiger partial charge on any atom is 0.239 e. The van der Waals surface area contributed by atoms with Gasteiger partial charge < -0.3 is 26.2 Å². The van der Waals surface area contributed by atoms with Crippen molar-refractivity contribution in [3.63, 3.8) is 0 Å². The largest absolute Gasteiger partial charge is 0.373 e. The number of aliphatic hydroxyl groups excluding tert-OH is 1. The van der Waals surface area contributed by atoms with Crippen LogP contribution in [0.15, 0.2) is 24.3 Å². The Hall–Kier alpha value is -1.71. The number of anilines is 1. The van der Waals surface area contributed by atoms with Crippen molar-refractivity contribution in [2.75, 3.05) is 32.0 Å². The molecular weight excluding hydrogens is 312 g/mol. The van der Waals surface area contributed by atoms with Gasteiger partial charge in [-0.3, -0.25) is 10.3 Å². The minimum absolute atomic E-state index is 0.110. The summed E-state index contributed by atoms with van der Waals surface area (Å²) in [6.45, 7) is 1.86. The topological polar surface area (TPSA) is 118 Å². The van der Waals surface area contributed by atoms with Crippen molar-refractivity contribution in [1.29, 1.82) is 0 Å². The van der Waals surface area contributed by atoms with E-state index in [9.17, 15) is 9.90 Å². The van der Waals surface area contributed by atoms with E-state index in [2.05, 4.69) is 16.1 Å². The molecular formula is C16H26N4O4. The molecule has 1 aromatic rings. The monoisotopic (exact) mass is 338 g/mol. The van der Waals surface area contributed by atoms with Crippen LogP contribution < -0.4 is 21.8 Å². The summed E-state index contributed by atoms with van der Waals surface area (Å²) in [7, 11) is 0. The van der Waals surface area contributed by atoms with Crippen molar-refractivity contribution in [3.05, 3.63) is 29.8 Å². The van der Waals surface area contributed by atoms with Crippen molar-refractivity contribution < 1.29 is 19.5 Å². The highest BCUT2D eigenvalue weighted by molar-refractivity contribution is 5.82. The molecule has 6 N–H and O–H groups in total. The lowest BCUT2D eigenvalue weighted by atomic mass is 10.1. The van der Waals surface area contributed by atoms with Crippen LogP contribution in [0.25, 0.3) is 0 Å². The summed E-state index contributed by atoms with van der Waals surface area (Å²) in [5.74, 6) is -0.149. The lowest BCUT2D eigenvalue weighted by molar-refractivity contribution is -0.125. The zero-order valence-corrected chi connectivity index (χ0v) is 13.7. The van der Waals surface area contributed by atoms with E-state index < -0.39 is 6.23 Å². The van der Waals surface area contributed by atoms with E-state index >= 15 is 0 Å². The second kappa shape index (κ2) is 10.2. The van der Waals surface area contributed by atoms with Crippen molar-refractivity contribution in [1.82, 2.24) is 10.6 Å². The van der Waals surface area contributed by atoms with E-state index in [1.54, 1.807) is 0 Å². The van der Waals surface area contributed by atoms with E-state index in [1.165, 1.54) is 0 Å². The van der Waals surface area contributed by atoms with Crippen molar-refractivity contribution in [3.8, 4) is 0 Å². The summed E-state index contributed by atoms with van der Waals surface area (Å²) in [5.41, 5.74) is 9.72. The van der Waals surface area contributed by atoms with Crippen LogP contribution in [0.3, 0.4) is 0 Å². The fraction of sp³-hybridized carbons (Fsp3) is 0.562. The van der Waals surface area contributed by atoms with Gasteiger partial charge >= 0.3 is 0 Å². The molecule has 1 aliphatic rings. The number of nitrogens with one attached hydrogen (secondary N) is 3. The first-order valence-corrected chi connectivity index (χ1v) is 8.15. The molecule has 1 saturated heterocycles. The van der Waals surface area contributed by atoms with Crippen LogP contribution in [0.1, 0.15) is 18.4 Å². The molecule has 1 fully saturated rings. The molecule has 2 atom stereocenters. The van der Waals surface area contributed by atoms with Gasteiger partial charge in [0.1, 0.15) is 6.23 Å². The predicted octanol–water partition coefficient (Wildman–Crippen LogP) is -0.308. The Labute approximate surface area is 141 Å². The molecule has 1 amide bonds. The SMILES string of the molecule is NCCOCONc1ccc(CC(O)NC(=O)C2CCCN2)cc1. The van der Waals surface area contributed by atoms with Gasteiger partial charge in [0.2, 0.25) is 5.91 Å². The summed E-state index contributed by atoms with van der Waals surface area (Å²) in [6.07, 6.45) is 1.24. The van der Waals surface area contributed by atoms with Crippen LogP contribution in [-0.4, -0.2) is 49.8 Å². The van der Waals surface area contributed by atoms with Crippen molar-refractivity contribution in [2.24, 2.45) is 5.73 Å². The Morgan fingerprint density at radius 2 is 2.21 bits per heavy atom. The van der Waals surface area contributed by atoms with Crippen LogP contribution in [0, 0.1) is 0 Å². The Kier molecular flexibility index (Phi) is 7.93. The molecule has 0 radical (unpaired) electrons. The zero-order valence-electron chi connectivity index (χ0n) is 13.7. The molecule has 0 aromatic heterocycles. The number of carbonyl (C=O) groups excluding carboxylic acids is 1. The zero-order chi connectivity index (χ0) is 17.2. The van der Waals surface area contributed by atoms with Gasteiger partial charge in [0.05, 0.1) is 18.3 Å². The number of aliphatic hydroxyl groups is 1. The standard InChI is InChI=1S/C16H26N4O4/c17-7-9-23-11-24-20-13-5-3-12(4-6-13)10-15(21)19-16(22)14-2-1-8-18-14/h3-6,14-15,18,20-21H,1-2,7-11,17H2,(H,19,22). The van der Waals surface area contributed by atoms with Gasteiger partial charge in [-0.05, 0) is 37.1 Å². The van der Waals surface area contributed by atoms with Crippen LogP contribution in [-0.2, 0) is 20.8 Å². The van der Waals surface area contributed by atoms with E-state index in [1.807, 2.05) is 24.3 Å². The number of rotatable bonds is 10. The molecule has 134 valence electrons. The molecule has 1 heterocycles. The minimum Gasteiger partial charge on any atom is -0.373 e. The van der Waals surface area contributed by atoms with Gasteiger partial charge in [-0.15, -0.1) is 0 Å². The molecule has 1 aliphatic heterocycles. The summed E-state index contributed by atoms with van der Waals surface area (Å²) in [4.78, 5) is 17.0. The number of nitrogens with two attached hydrogens (primary N) is 1. The molecule has 0 saturated carbocycles. The van der Waals surface area contributed by atoms with Gasteiger partial charge in [0.15, 0.2) is 6.79 Å². The summed E-state index contributed by atoms with van der Waals surface area (Å²) >= 11 is 0. The van der Waals surface area contributed by atoms with Gasteiger partial charge in [-0.2, -0.15) is 0 Å². The highest BCUT2D eigenvalue weighted by Gasteiger charge is 2.23. The first kappa shape index (κ1) is 18.6. The second-order valence-corrected chi connectivity index (χ2v) is 5.64. The molecule has 0 bridgehead atoms. The van der Waals surface area contributed by atoms with Crippen molar-refractivity contribution in [2.45, 2.75) is 31.5 Å². The Morgan fingerprint density at radius 3 is 2.88 bits per heavy atom. The van der Waals surface area contributed by atoms with E-state index in [-0.39, 0.29) is 18.7 Å². The number of hydrogen-bond acceptors (Lipinski definition) is 7. The number of amides is 1. The molecule has 8 nitrogen and oxygen atoms in total. The quantitative estimate of drug-likeness (QED) is 0.226. The normalized spacial score (nSPS) is 18.3. The molecule has 24 heavy (non-hydrogen) atoms. The Bertz CT molecular complexity index is 491. The predicted molar refractivity (Wildman–Crippen MR) is 89.9 cm³/mol. The fourth-order valence-corrected chi connectivity index (χ4v) is 2.45. The molecule has 0 aliphatic carbocycles. The first-order chi connectivity index (χ1) is 11.7. The maximum absolute atomic E-state index is 11.9. The van der Waals surface area contributed by atoms with Gasteiger partial charge in [-0.1, -0.05) is 12.1 Å². The van der Waals surface area contributed by atoms with Crippen LogP contribution in [0.5, 0.6) is 0 Å². The highest BCUT2D eigenvalue weighted by atomic mass is 16.8. The summed E-state index contributed by atoms with van der Waals surface area (Å²) < 4.78 is 5.07. The third-order valence-corrected chi connectivity index (χ3v) is 3.66. The van der Waals surface area contributed by atoms with Crippen molar-refractivity contribution >= 4 is 11.6 Å². The number of ether oxygens (including phenoxy) is 1. The maximum atomic E-state index is 11.9. The van der Waals surface area contributed by atoms with Crippen LogP contribution >= 0.6 is 0 Å². The molecule has 2 rings (SSSR count). The number of hydrogen-bond donors (Lipinski definition) is 5. The third-order valence-electron chi connectivity index (χ3n) is 3.66. The van der Waals surface area contributed by atoms with E-state index in [4.69, 9.17) is 15.3 Å². The molecule has 2 unspecified atom stereocenters. The summed E-state index contributed by atoms with van der Waals surface area (Å²) in [5, 5.41) is 15.7. The third kappa shape index (κ3) is 6.42. The average molecular weight is 338 g/mol. The van der Waals surface area contributed by atoms with E-state index in [0.29, 0.717) is 19.6 Å². The van der Waals surface area contributed by atoms with Gasteiger partial charge in [0.25, 0.3) is 0 Å². The lowest BCUT2D eigenvalue weighted by Gasteiger charge is -2.16. The van der Waals surface area contributed by atoms with Gasteiger partial charge in [0, 0.05) is 13.0 Å². The number of carbonyl (C=O) groups is 1. The molecule has 1 aromatic carbocycles. The molecule has 8 heteroatoms. The van der Waals surface area contributed by atoms with E-state index in [0.717, 1.165) is 30.6 Å². The first-order valence-electron chi connectivity index (χ1n) is 8.15. The van der Waals surface area contributed by atoms with Gasteiger partial charge in [-0.25, -0.2) is 4.84 Å². The highest BCUT2D eigenvalue weighted by Crippen LogP contribution is 2.11. The Morgan fingerprint density at radius 1 is 1.42 bits per heavy atom. The summed E-state index contributed by atoms with van der Waals surface area (Å²) in [6, 6.07) is 7.17. The minimum atomic E-state index is -0.903.